The number of hydrogen-bond acceptors (Lipinski definition) is 4. The van der Waals surface area contributed by atoms with Gasteiger partial charge in [0.15, 0.2) is 5.96 Å². The number of nitrogens with zero attached hydrogens (tertiary/aromatic N) is 2. The van der Waals surface area contributed by atoms with Gasteiger partial charge in [-0.2, -0.15) is 0 Å². The molecule has 22 heavy (non-hydrogen) atoms. The first kappa shape index (κ1) is 19.9. The zero-order valence-corrected chi connectivity index (χ0v) is 16.0. The van der Waals surface area contributed by atoms with Crippen LogP contribution in [-0.2, 0) is 9.47 Å². The third-order valence-corrected chi connectivity index (χ3v) is 3.72. The highest BCUT2D eigenvalue weighted by Crippen LogP contribution is 2.28. The summed E-state index contributed by atoms with van der Waals surface area (Å²) in [5.74, 6) is 1.72. The van der Waals surface area contributed by atoms with Crippen molar-refractivity contribution in [3.05, 3.63) is 0 Å². The maximum absolute atomic E-state index is 5.62. The van der Waals surface area contributed by atoms with Crippen molar-refractivity contribution in [2.75, 3.05) is 65.7 Å². The van der Waals surface area contributed by atoms with Crippen LogP contribution in [-0.4, -0.2) is 76.6 Å². The molecule has 2 N–H and O–H groups in total. The third-order valence-electron chi connectivity index (χ3n) is 3.72. The van der Waals surface area contributed by atoms with Crippen LogP contribution in [0.1, 0.15) is 19.8 Å². The molecule has 0 aromatic heterocycles. The SMILES string of the molecule is CCNC(=NCCN1CCOCC1)NCCOCC1CC1.I. The average Bonchev–Trinajstić information content (AvgIpc) is 3.32. The summed E-state index contributed by atoms with van der Waals surface area (Å²) in [5.41, 5.74) is 0. The summed E-state index contributed by atoms with van der Waals surface area (Å²) in [4.78, 5) is 7.01. The minimum Gasteiger partial charge on any atom is -0.379 e. The second-order valence-electron chi connectivity index (χ2n) is 5.66. The Morgan fingerprint density at radius 3 is 2.73 bits per heavy atom. The van der Waals surface area contributed by atoms with E-state index in [9.17, 15) is 0 Å². The van der Waals surface area contributed by atoms with Gasteiger partial charge in [0.1, 0.15) is 0 Å². The lowest BCUT2D eigenvalue weighted by Gasteiger charge is -2.25. The van der Waals surface area contributed by atoms with Crippen LogP contribution in [0.3, 0.4) is 0 Å². The molecule has 0 spiro atoms. The Morgan fingerprint density at radius 1 is 1.27 bits per heavy atom. The summed E-state index contributed by atoms with van der Waals surface area (Å²) < 4.78 is 11.0. The summed E-state index contributed by atoms with van der Waals surface area (Å²) in [6.07, 6.45) is 2.69. The number of hydrogen-bond donors (Lipinski definition) is 2. The number of aliphatic imine (C=N–C) groups is 1. The number of morpholine rings is 1. The quantitative estimate of drug-likeness (QED) is 0.249. The second kappa shape index (κ2) is 12.3. The van der Waals surface area contributed by atoms with Crippen LogP contribution in [0.4, 0.5) is 0 Å². The number of ether oxygens (including phenoxy) is 2. The zero-order chi connectivity index (χ0) is 14.8. The van der Waals surface area contributed by atoms with E-state index in [2.05, 4.69) is 27.4 Å². The molecule has 1 saturated heterocycles. The summed E-state index contributed by atoms with van der Waals surface area (Å²) in [7, 11) is 0. The fourth-order valence-electron chi connectivity index (χ4n) is 2.25. The molecule has 2 fully saturated rings. The molecule has 0 bridgehead atoms. The van der Waals surface area contributed by atoms with Gasteiger partial charge in [-0.15, -0.1) is 24.0 Å². The van der Waals surface area contributed by atoms with Crippen LogP contribution in [0.25, 0.3) is 0 Å². The number of halogens is 1. The van der Waals surface area contributed by atoms with Gasteiger partial charge in [-0.25, -0.2) is 0 Å². The van der Waals surface area contributed by atoms with Crippen LogP contribution in [0, 0.1) is 5.92 Å². The molecule has 2 aliphatic rings. The van der Waals surface area contributed by atoms with E-state index in [-0.39, 0.29) is 24.0 Å². The van der Waals surface area contributed by atoms with Gasteiger partial charge in [-0.1, -0.05) is 0 Å². The molecular weight excluding hydrogens is 395 g/mol. The Hall–Kier alpha value is -0.120. The van der Waals surface area contributed by atoms with Gasteiger partial charge in [0.2, 0.25) is 0 Å². The largest absolute Gasteiger partial charge is 0.379 e. The Morgan fingerprint density at radius 2 is 2.05 bits per heavy atom. The van der Waals surface area contributed by atoms with Crippen molar-refractivity contribution in [1.82, 2.24) is 15.5 Å². The van der Waals surface area contributed by atoms with Crippen LogP contribution in [0.15, 0.2) is 4.99 Å². The molecule has 0 aromatic rings. The lowest BCUT2D eigenvalue weighted by atomic mass is 10.4. The lowest BCUT2D eigenvalue weighted by Crippen LogP contribution is -2.41. The highest BCUT2D eigenvalue weighted by atomic mass is 127. The molecule has 0 unspecified atom stereocenters. The summed E-state index contributed by atoms with van der Waals surface area (Å²) in [5, 5.41) is 6.60. The van der Waals surface area contributed by atoms with Gasteiger partial charge in [0.05, 0.1) is 26.4 Å². The van der Waals surface area contributed by atoms with Crippen LogP contribution >= 0.6 is 24.0 Å². The van der Waals surface area contributed by atoms with E-state index >= 15 is 0 Å². The normalized spacial score (nSPS) is 19.6. The van der Waals surface area contributed by atoms with E-state index in [0.717, 1.165) is 77.6 Å². The number of guanidine groups is 1. The van der Waals surface area contributed by atoms with E-state index < -0.39 is 0 Å². The Balaban J connectivity index is 0.00000242. The smallest absolute Gasteiger partial charge is 0.191 e. The number of rotatable bonds is 9. The minimum absolute atomic E-state index is 0. The Kier molecular flexibility index (Phi) is 11.2. The Labute approximate surface area is 151 Å². The summed E-state index contributed by atoms with van der Waals surface area (Å²) in [6.45, 7) is 11.0. The van der Waals surface area contributed by atoms with Crippen molar-refractivity contribution in [3.63, 3.8) is 0 Å². The molecule has 130 valence electrons. The van der Waals surface area contributed by atoms with E-state index in [4.69, 9.17) is 9.47 Å². The fraction of sp³-hybridized carbons (Fsp3) is 0.933. The van der Waals surface area contributed by atoms with Crippen LogP contribution in [0.5, 0.6) is 0 Å². The summed E-state index contributed by atoms with van der Waals surface area (Å²) in [6, 6.07) is 0. The van der Waals surface area contributed by atoms with Crippen molar-refractivity contribution >= 4 is 29.9 Å². The van der Waals surface area contributed by atoms with Crippen molar-refractivity contribution in [2.24, 2.45) is 10.9 Å². The molecule has 0 aromatic carbocycles. The molecule has 1 aliphatic carbocycles. The molecule has 1 aliphatic heterocycles. The fourth-order valence-corrected chi connectivity index (χ4v) is 2.25. The van der Waals surface area contributed by atoms with Gasteiger partial charge in [-0.05, 0) is 25.7 Å². The molecule has 0 radical (unpaired) electrons. The van der Waals surface area contributed by atoms with Crippen molar-refractivity contribution in [1.29, 1.82) is 0 Å². The van der Waals surface area contributed by atoms with Crippen LogP contribution < -0.4 is 10.6 Å². The average molecular weight is 426 g/mol. The third kappa shape index (κ3) is 9.12. The molecule has 0 atom stereocenters. The van der Waals surface area contributed by atoms with E-state index in [0.29, 0.717) is 0 Å². The first-order valence-corrected chi connectivity index (χ1v) is 8.28. The molecule has 6 nitrogen and oxygen atoms in total. The molecular formula is C15H31IN4O2. The standard InChI is InChI=1S/C15H30N4O2.HI/c1-2-16-15(18-6-10-21-13-14-3-4-14)17-5-7-19-8-11-20-12-9-19;/h14H,2-13H2,1H3,(H2,16,17,18);1H. The maximum atomic E-state index is 5.62. The van der Waals surface area contributed by atoms with Crippen LogP contribution in [0.2, 0.25) is 0 Å². The van der Waals surface area contributed by atoms with Crippen molar-refractivity contribution in [2.45, 2.75) is 19.8 Å². The lowest BCUT2D eigenvalue weighted by molar-refractivity contribution is 0.0394. The highest BCUT2D eigenvalue weighted by molar-refractivity contribution is 14.0. The molecule has 2 rings (SSSR count). The van der Waals surface area contributed by atoms with Gasteiger partial charge < -0.3 is 20.1 Å². The van der Waals surface area contributed by atoms with E-state index in [1.54, 1.807) is 0 Å². The summed E-state index contributed by atoms with van der Waals surface area (Å²) >= 11 is 0. The predicted molar refractivity (Wildman–Crippen MR) is 100 cm³/mol. The topological polar surface area (TPSA) is 58.1 Å². The Bertz CT molecular complexity index is 308. The second-order valence-corrected chi connectivity index (χ2v) is 5.66. The monoisotopic (exact) mass is 426 g/mol. The predicted octanol–water partition coefficient (Wildman–Crippen LogP) is 0.918. The van der Waals surface area contributed by atoms with Gasteiger partial charge in [0, 0.05) is 39.3 Å². The first-order chi connectivity index (χ1) is 10.4. The van der Waals surface area contributed by atoms with Crippen molar-refractivity contribution < 1.29 is 9.47 Å². The molecule has 7 heteroatoms. The molecule has 0 amide bonds. The minimum atomic E-state index is 0. The van der Waals surface area contributed by atoms with E-state index in [1.165, 1.54) is 12.8 Å². The van der Waals surface area contributed by atoms with Gasteiger partial charge >= 0.3 is 0 Å². The maximum Gasteiger partial charge on any atom is 0.191 e. The first-order valence-electron chi connectivity index (χ1n) is 8.28. The number of nitrogens with one attached hydrogen (secondary N) is 2. The highest BCUT2D eigenvalue weighted by Gasteiger charge is 2.20. The van der Waals surface area contributed by atoms with E-state index in [1.807, 2.05) is 0 Å². The zero-order valence-electron chi connectivity index (χ0n) is 13.7. The molecule has 1 heterocycles. The molecule has 1 saturated carbocycles. The van der Waals surface area contributed by atoms with Crippen molar-refractivity contribution in [3.8, 4) is 0 Å². The van der Waals surface area contributed by atoms with Gasteiger partial charge in [0.25, 0.3) is 0 Å². The van der Waals surface area contributed by atoms with Gasteiger partial charge in [-0.3, -0.25) is 9.89 Å².